The van der Waals surface area contributed by atoms with E-state index in [1.54, 1.807) is 0 Å². The Morgan fingerprint density at radius 2 is 1.86 bits per heavy atom. The number of hydrogen-bond acceptors (Lipinski definition) is 4. The van der Waals surface area contributed by atoms with Crippen molar-refractivity contribution in [3.63, 3.8) is 0 Å². The molecule has 1 unspecified atom stereocenters. The zero-order chi connectivity index (χ0) is 15.7. The largest absolute Gasteiger partial charge is 0.433 e. The van der Waals surface area contributed by atoms with Gasteiger partial charge in [-0.1, -0.05) is 0 Å². The minimum absolute atomic E-state index is 0.197. The van der Waals surface area contributed by atoms with Crippen molar-refractivity contribution < 1.29 is 13.2 Å². The molecule has 1 atom stereocenters. The van der Waals surface area contributed by atoms with Crippen molar-refractivity contribution in [3.8, 4) is 0 Å². The highest BCUT2D eigenvalue weighted by Gasteiger charge is 2.34. The number of halogens is 3. The van der Waals surface area contributed by atoms with Crippen molar-refractivity contribution >= 4 is 5.95 Å². The van der Waals surface area contributed by atoms with Gasteiger partial charge >= 0.3 is 6.18 Å². The van der Waals surface area contributed by atoms with Gasteiger partial charge in [0.25, 0.3) is 0 Å². The maximum absolute atomic E-state index is 12.7. The van der Waals surface area contributed by atoms with Gasteiger partial charge in [0.1, 0.15) is 5.69 Å². The van der Waals surface area contributed by atoms with E-state index in [9.17, 15) is 13.2 Å². The number of rotatable bonds is 2. The molecule has 0 spiro atoms. The van der Waals surface area contributed by atoms with E-state index in [2.05, 4.69) is 21.8 Å². The molecule has 1 aromatic heterocycles. The molecule has 2 aliphatic heterocycles. The van der Waals surface area contributed by atoms with Crippen LogP contribution in [0.3, 0.4) is 0 Å². The fraction of sp³-hybridized carbons (Fsp3) is 0.733. The second-order valence-corrected chi connectivity index (χ2v) is 6.19. The van der Waals surface area contributed by atoms with E-state index < -0.39 is 11.9 Å². The fourth-order valence-corrected chi connectivity index (χ4v) is 3.55. The van der Waals surface area contributed by atoms with Crippen molar-refractivity contribution in [2.45, 2.75) is 50.9 Å². The first-order chi connectivity index (χ1) is 10.4. The lowest BCUT2D eigenvalue weighted by Crippen LogP contribution is -2.46. The topological polar surface area (TPSA) is 32.3 Å². The lowest BCUT2D eigenvalue weighted by atomic mass is 10.0. The third-order valence-corrected chi connectivity index (χ3v) is 4.75. The normalized spacial score (nSPS) is 24.9. The van der Waals surface area contributed by atoms with E-state index in [4.69, 9.17) is 0 Å². The molecule has 0 bridgehead atoms. The average Bonchev–Trinajstić information content (AvgIpc) is 2.93. The minimum Gasteiger partial charge on any atom is -0.341 e. The highest BCUT2D eigenvalue weighted by molar-refractivity contribution is 5.31. The molecule has 0 aliphatic carbocycles. The Labute approximate surface area is 128 Å². The first-order valence-electron chi connectivity index (χ1n) is 7.86. The van der Waals surface area contributed by atoms with Crippen molar-refractivity contribution in [2.24, 2.45) is 0 Å². The molecule has 2 saturated heterocycles. The van der Waals surface area contributed by atoms with Crippen molar-refractivity contribution in [3.05, 3.63) is 18.0 Å². The first kappa shape index (κ1) is 15.5. The molecule has 3 heterocycles. The third-order valence-electron chi connectivity index (χ3n) is 4.75. The summed E-state index contributed by atoms with van der Waals surface area (Å²) in [6, 6.07) is 2.09. The van der Waals surface area contributed by atoms with Crippen LogP contribution in [0.2, 0.25) is 0 Å². The Hall–Kier alpha value is -1.37. The van der Waals surface area contributed by atoms with Gasteiger partial charge in [-0.3, -0.25) is 4.90 Å². The Balaban J connectivity index is 1.64. The van der Waals surface area contributed by atoms with E-state index >= 15 is 0 Å². The van der Waals surface area contributed by atoms with Crippen LogP contribution in [0.1, 0.15) is 38.3 Å². The summed E-state index contributed by atoms with van der Waals surface area (Å²) in [6.07, 6.45) is 1.20. The SMILES string of the molecule is CC1CCCN1C1CCN(c2nccc(C(F)(F)F)n2)CC1. The number of piperidine rings is 1. The molecular formula is C15H21F3N4. The predicted molar refractivity (Wildman–Crippen MR) is 77.7 cm³/mol. The maximum atomic E-state index is 12.7. The lowest BCUT2D eigenvalue weighted by molar-refractivity contribution is -0.141. The van der Waals surface area contributed by atoms with E-state index in [0.717, 1.165) is 38.5 Å². The standard InChI is InChI=1S/C15H21F3N4/c1-11-3-2-8-22(11)12-5-9-21(10-6-12)14-19-7-4-13(20-14)15(16,17)18/h4,7,11-12H,2-3,5-6,8-10H2,1H3. The molecule has 0 N–H and O–H groups in total. The predicted octanol–water partition coefficient (Wildman–Crippen LogP) is 2.95. The van der Waals surface area contributed by atoms with Crippen LogP contribution in [-0.4, -0.2) is 46.6 Å². The molecule has 1 aromatic rings. The zero-order valence-electron chi connectivity index (χ0n) is 12.7. The van der Waals surface area contributed by atoms with Crippen LogP contribution in [0.5, 0.6) is 0 Å². The summed E-state index contributed by atoms with van der Waals surface area (Å²) in [4.78, 5) is 12.1. The van der Waals surface area contributed by atoms with Crippen LogP contribution in [0.25, 0.3) is 0 Å². The molecule has 122 valence electrons. The Morgan fingerprint density at radius 3 is 2.45 bits per heavy atom. The number of aromatic nitrogens is 2. The van der Waals surface area contributed by atoms with Gasteiger partial charge in [-0.15, -0.1) is 0 Å². The molecule has 0 aromatic carbocycles. The van der Waals surface area contributed by atoms with Gasteiger partial charge in [-0.25, -0.2) is 9.97 Å². The summed E-state index contributed by atoms with van der Waals surface area (Å²) < 4.78 is 38.2. The van der Waals surface area contributed by atoms with Gasteiger partial charge in [-0.2, -0.15) is 13.2 Å². The molecule has 2 aliphatic rings. The quantitative estimate of drug-likeness (QED) is 0.840. The van der Waals surface area contributed by atoms with E-state index in [1.165, 1.54) is 19.0 Å². The summed E-state index contributed by atoms with van der Waals surface area (Å²) in [7, 11) is 0. The van der Waals surface area contributed by atoms with Crippen LogP contribution < -0.4 is 4.90 Å². The zero-order valence-corrected chi connectivity index (χ0v) is 12.7. The lowest BCUT2D eigenvalue weighted by Gasteiger charge is -2.38. The van der Waals surface area contributed by atoms with Crippen LogP contribution in [0, 0.1) is 0 Å². The minimum atomic E-state index is -4.42. The number of likely N-dealkylation sites (tertiary alicyclic amines) is 1. The monoisotopic (exact) mass is 314 g/mol. The molecule has 7 heteroatoms. The molecule has 0 radical (unpaired) electrons. The van der Waals surface area contributed by atoms with E-state index in [0.29, 0.717) is 12.1 Å². The molecular weight excluding hydrogens is 293 g/mol. The fourth-order valence-electron chi connectivity index (χ4n) is 3.55. The smallest absolute Gasteiger partial charge is 0.341 e. The summed E-state index contributed by atoms with van der Waals surface area (Å²) in [5, 5.41) is 0. The van der Waals surface area contributed by atoms with Gasteiger partial charge in [0.15, 0.2) is 0 Å². The van der Waals surface area contributed by atoms with Crippen molar-refractivity contribution in [1.29, 1.82) is 0 Å². The highest BCUT2D eigenvalue weighted by Crippen LogP contribution is 2.30. The van der Waals surface area contributed by atoms with Crippen LogP contribution in [0.15, 0.2) is 12.3 Å². The van der Waals surface area contributed by atoms with Crippen molar-refractivity contribution in [2.75, 3.05) is 24.5 Å². The van der Waals surface area contributed by atoms with Gasteiger partial charge in [0, 0.05) is 31.4 Å². The molecule has 4 nitrogen and oxygen atoms in total. The third kappa shape index (κ3) is 3.19. The average molecular weight is 314 g/mol. The van der Waals surface area contributed by atoms with Gasteiger partial charge in [-0.05, 0) is 45.2 Å². The maximum Gasteiger partial charge on any atom is 0.433 e. The Kier molecular flexibility index (Phi) is 4.25. The Bertz CT molecular complexity index is 512. The molecule has 2 fully saturated rings. The van der Waals surface area contributed by atoms with E-state index in [1.807, 2.05) is 4.90 Å². The van der Waals surface area contributed by atoms with Gasteiger partial charge in [0.2, 0.25) is 5.95 Å². The molecule has 0 amide bonds. The van der Waals surface area contributed by atoms with Gasteiger partial charge < -0.3 is 4.90 Å². The molecule has 3 rings (SSSR count). The summed E-state index contributed by atoms with van der Waals surface area (Å²) in [5.74, 6) is 0.197. The number of hydrogen-bond donors (Lipinski definition) is 0. The number of anilines is 1. The van der Waals surface area contributed by atoms with E-state index in [-0.39, 0.29) is 5.95 Å². The second-order valence-electron chi connectivity index (χ2n) is 6.19. The number of nitrogens with zero attached hydrogens (tertiary/aromatic N) is 4. The summed E-state index contributed by atoms with van der Waals surface area (Å²) >= 11 is 0. The highest BCUT2D eigenvalue weighted by atomic mass is 19.4. The number of alkyl halides is 3. The van der Waals surface area contributed by atoms with Crippen molar-refractivity contribution in [1.82, 2.24) is 14.9 Å². The van der Waals surface area contributed by atoms with Crippen LogP contribution >= 0.6 is 0 Å². The Morgan fingerprint density at radius 1 is 1.14 bits per heavy atom. The van der Waals surface area contributed by atoms with Crippen LogP contribution in [-0.2, 0) is 6.18 Å². The van der Waals surface area contributed by atoms with Crippen LogP contribution in [0.4, 0.5) is 19.1 Å². The summed E-state index contributed by atoms with van der Waals surface area (Å²) in [6.45, 7) is 4.84. The summed E-state index contributed by atoms with van der Waals surface area (Å²) in [5.41, 5.74) is -0.868. The molecule has 22 heavy (non-hydrogen) atoms. The first-order valence-corrected chi connectivity index (χ1v) is 7.86. The second kappa shape index (κ2) is 6.02. The van der Waals surface area contributed by atoms with Gasteiger partial charge in [0.05, 0.1) is 0 Å². The molecule has 0 saturated carbocycles.